The average molecular weight is 306 g/mol. The van der Waals surface area contributed by atoms with E-state index in [-0.39, 0.29) is 5.41 Å². The van der Waals surface area contributed by atoms with Crippen LogP contribution in [0, 0.1) is 18.3 Å². The van der Waals surface area contributed by atoms with Crippen molar-refractivity contribution < 1.29 is 0 Å². The number of nitriles is 1. The molecule has 0 saturated heterocycles. The zero-order valence-corrected chi connectivity index (χ0v) is 12.7. The highest BCUT2D eigenvalue weighted by Crippen LogP contribution is 2.28. The molecule has 2 aromatic rings. The minimum Gasteiger partial charge on any atom is -0.301 e. The maximum atomic E-state index is 9.02. The van der Waals surface area contributed by atoms with Crippen molar-refractivity contribution in [3.63, 3.8) is 0 Å². The van der Waals surface area contributed by atoms with Crippen LogP contribution in [0.1, 0.15) is 37.7 Å². The molecule has 4 heteroatoms. The Hall–Kier alpha value is -1.34. The number of imidazole rings is 1. The third-order valence-electron chi connectivity index (χ3n) is 2.93. The first kappa shape index (κ1) is 13.1. The van der Waals surface area contributed by atoms with Crippen LogP contribution < -0.4 is 0 Å². The molecule has 2 rings (SSSR count). The molecular formula is C14H16BrN3. The average Bonchev–Trinajstić information content (AvgIpc) is 2.58. The Kier molecular flexibility index (Phi) is 3.20. The van der Waals surface area contributed by atoms with E-state index in [1.54, 1.807) is 0 Å². The van der Waals surface area contributed by atoms with Crippen molar-refractivity contribution in [3.05, 3.63) is 33.7 Å². The van der Waals surface area contributed by atoms with Crippen molar-refractivity contribution in [1.82, 2.24) is 9.38 Å². The van der Waals surface area contributed by atoms with E-state index in [1.807, 2.05) is 23.6 Å². The minimum atomic E-state index is -0.0584. The monoisotopic (exact) mass is 305 g/mol. The third kappa shape index (κ3) is 2.15. The van der Waals surface area contributed by atoms with Gasteiger partial charge in [-0.2, -0.15) is 5.26 Å². The molecule has 0 N–H and O–H groups in total. The summed E-state index contributed by atoms with van der Waals surface area (Å²) in [6, 6.07) is 4.28. The van der Waals surface area contributed by atoms with Crippen LogP contribution in [-0.2, 0) is 11.8 Å². The van der Waals surface area contributed by atoms with Crippen LogP contribution in [0.2, 0.25) is 0 Å². The van der Waals surface area contributed by atoms with Crippen LogP contribution in [0.25, 0.3) is 5.65 Å². The second-order valence-corrected chi connectivity index (χ2v) is 6.44. The summed E-state index contributed by atoms with van der Waals surface area (Å²) in [5.41, 5.74) is 3.99. The van der Waals surface area contributed by atoms with Gasteiger partial charge in [0.1, 0.15) is 5.65 Å². The molecule has 0 aliphatic rings. The van der Waals surface area contributed by atoms with Gasteiger partial charge < -0.3 is 4.40 Å². The maximum Gasteiger partial charge on any atom is 0.140 e. The molecule has 3 nitrogen and oxygen atoms in total. The summed E-state index contributed by atoms with van der Waals surface area (Å²) in [7, 11) is 0. The lowest BCUT2D eigenvalue weighted by Gasteiger charge is -2.16. The van der Waals surface area contributed by atoms with Gasteiger partial charge in [0, 0.05) is 16.1 Å². The summed E-state index contributed by atoms with van der Waals surface area (Å²) in [6.07, 6.45) is 2.36. The van der Waals surface area contributed by atoms with Gasteiger partial charge in [0.05, 0.1) is 23.9 Å². The van der Waals surface area contributed by atoms with Gasteiger partial charge in [0.15, 0.2) is 0 Å². The lowest BCUT2D eigenvalue weighted by Crippen LogP contribution is -2.14. The quantitative estimate of drug-likeness (QED) is 0.804. The van der Waals surface area contributed by atoms with E-state index in [0.29, 0.717) is 6.42 Å². The van der Waals surface area contributed by atoms with E-state index in [9.17, 15) is 0 Å². The van der Waals surface area contributed by atoms with E-state index in [2.05, 4.69) is 42.8 Å². The number of hydrogen-bond donors (Lipinski definition) is 0. The van der Waals surface area contributed by atoms with Crippen molar-refractivity contribution in [2.75, 3.05) is 0 Å². The number of hydrogen-bond acceptors (Lipinski definition) is 2. The molecule has 0 fully saturated rings. The van der Waals surface area contributed by atoms with E-state index in [4.69, 9.17) is 10.2 Å². The van der Waals surface area contributed by atoms with Gasteiger partial charge in [-0.25, -0.2) is 4.98 Å². The number of aromatic nitrogens is 2. The number of pyridine rings is 1. The highest BCUT2D eigenvalue weighted by Gasteiger charge is 2.24. The van der Waals surface area contributed by atoms with Gasteiger partial charge in [-0.15, -0.1) is 0 Å². The Bertz CT molecular complexity index is 642. The zero-order valence-electron chi connectivity index (χ0n) is 11.1. The van der Waals surface area contributed by atoms with E-state index < -0.39 is 0 Å². The Morgan fingerprint density at radius 3 is 2.67 bits per heavy atom. The Balaban J connectivity index is 2.85. The first-order chi connectivity index (χ1) is 8.34. The predicted octanol–water partition coefficient (Wildman–Crippen LogP) is 3.77. The van der Waals surface area contributed by atoms with E-state index in [0.717, 1.165) is 27.1 Å². The number of nitrogens with zero attached hydrogens (tertiary/aromatic N) is 3. The lowest BCUT2D eigenvalue weighted by atomic mass is 9.90. The molecule has 0 aliphatic carbocycles. The van der Waals surface area contributed by atoms with Crippen LogP contribution >= 0.6 is 15.9 Å². The van der Waals surface area contributed by atoms with Gasteiger partial charge in [-0.3, -0.25) is 0 Å². The summed E-state index contributed by atoms with van der Waals surface area (Å²) < 4.78 is 3.04. The second kappa shape index (κ2) is 4.40. The SMILES string of the molecule is Cc1cc(Br)cn2c(CC#N)c(C(C)(C)C)nc12. The second-order valence-electron chi connectivity index (χ2n) is 5.53. The summed E-state index contributed by atoms with van der Waals surface area (Å²) >= 11 is 3.50. The standard InChI is InChI=1S/C14H16BrN3/c1-9-7-10(15)8-18-11(5-6-16)12(14(2,3)4)17-13(9)18/h7-8H,5H2,1-4H3. The Morgan fingerprint density at radius 1 is 1.44 bits per heavy atom. The number of fused-ring (bicyclic) bond motifs is 1. The summed E-state index contributed by atoms with van der Waals surface area (Å²) in [5.74, 6) is 0. The number of halogens is 1. The Morgan fingerprint density at radius 2 is 2.11 bits per heavy atom. The largest absolute Gasteiger partial charge is 0.301 e. The van der Waals surface area contributed by atoms with Gasteiger partial charge in [0.2, 0.25) is 0 Å². The van der Waals surface area contributed by atoms with Crippen molar-refractivity contribution in [1.29, 1.82) is 5.26 Å². The van der Waals surface area contributed by atoms with Gasteiger partial charge in [0.25, 0.3) is 0 Å². The van der Waals surface area contributed by atoms with Crippen molar-refractivity contribution >= 4 is 21.6 Å². The first-order valence-electron chi connectivity index (χ1n) is 5.89. The molecule has 0 radical (unpaired) electrons. The normalized spacial score (nSPS) is 11.8. The third-order valence-corrected chi connectivity index (χ3v) is 3.36. The highest BCUT2D eigenvalue weighted by atomic mass is 79.9. The van der Waals surface area contributed by atoms with Crippen LogP contribution in [0.4, 0.5) is 0 Å². The van der Waals surface area contributed by atoms with Gasteiger partial charge in [-0.05, 0) is 34.5 Å². The van der Waals surface area contributed by atoms with Crippen molar-refractivity contribution in [3.8, 4) is 6.07 Å². The maximum absolute atomic E-state index is 9.02. The van der Waals surface area contributed by atoms with E-state index in [1.165, 1.54) is 0 Å². The molecule has 2 heterocycles. The van der Waals surface area contributed by atoms with Crippen LogP contribution in [0.5, 0.6) is 0 Å². The summed E-state index contributed by atoms with van der Waals surface area (Å²) in [4.78, 5) is 4.73. The summed E-state index contributed by atoms with van der Waals surface area (Å²) in [5, 5.41) is 9.02. The van der Waals surface area contributed by atoms with Gasteiger partial charge >= 0.3 is 0 Å². The fraction of sp³-hybridized carbons (Fsp3) is 0.429. The molecular weight excluding hydrogens is 290 g/mol. The molecule has 0 amide bonds. The molecule has 0 bridgehead atoms. The number of aryl methyl sites for hydroxylation is 1. The lowest BCUT2D eigenvalue weighted by molar-refractivity contribution is 0.566. The molecule has 94 valence electrons. The van der Waals surface area contributed by atoms with Crippen LogP contribution in [0.15, 0.2) is 16.7 Å². The fourth-order valence-corrected chi connectivity index (χ4v) is 2.71. The molecule has 0 atom stereocenters. The van der Waals surface area contributed by atoms with Gasteiger partial charge in [-0.1, -0.05) is 20.8 Å². The molecule has 0 aromatic carbocycles. The van der Waals surface area contributed by atoms with Crippen molar-refractivity contribution in [2.24, 2.45) is 0 Å². The first-order valence-corrected chi connectivity index (χ1v) is 6.68. The topological polar surface area (TPSA) is 41.1 Å². The highest BCUT2D eigenvalue weighted by molar-refractivity contribution is 9.10. The molecule has 18 heavy (non-hydrogen) atoms. The molecule has 0 spiro atoms. The molecule has 0 unspecified atom stereocenters. The number of rotatable bonds is 1. The molecule has 0 aliphatic heterocycles. The predicted molar refractivity (Wildman–Crippen MR) is 75.6 cm³/mol. The minimum absolute atomic E-state index is 0.0584. The van der Waals surface area contributed by atoms with Crippen LogP contribution in [-0.4, -0.2) is 9.38 Å². The smallest absolute Gasteiger partial charge is 0.140 e. The van der Waals surface area contributed by atoms with Crippen LogP contribution in [0.3, 0.4) is 0 Å². The fourth-order valence-electron chi connectivity index (χ4n) is 2.16. The Labute approximate surface area is 116 Å². The van der Waals surface area contributed by atoms with Crippen molar-refractivity contribution in [2.45, 2.75) is 39.5 Å². The summed E-state index contributed by atoms with van der Waals surface area (Å²) in [6.45, 7) is 8.41. The zero-order chi connectivity index (χ0) is 13.5. The molecule has 0 saturated carbocycles. The van der Waals surface area contributed by atoms with E-state index >= 15 is 0 Å². The molecule has 2 aromatic heterocycles.